The average molecular weight is 571 g/mol. The van der Waals surface area contributed by atoms with Gasteiger partial charge in [0.2, 0.25) is 0 Å². The lowest BCUT2D eigenvalue weighted by atomic mass is 10.1. The molecule has 4 aromatic carbocycles. The van der Waals surface area contributed by atoms with E-state index in [9.17, 15) is 0 Å². The van der Waals surface area contributed by atoms with Crippen molar-refractivity contribution < 1.29 is 0 Å². The molecule has 7 rings (SSSR count). The maximum absolute atomic E-state index is 5.00. The number of rotatable bonds is 2. The van der Waals surface area contributed by atoms with Crippen LogP contribution in [0, 0.1) is 3.83 Å². The fourth-order valence-electron chi connectivity index (χ4n) is 4.44. The highest BCUT2D eigenvalue weighted by atomic mass is 127. The highest BCUT2D eigenvalue weighted by Gasteiger charge is 2.17. The van der Waals surface area contributed by atoms with Crippen molar-refractivity contribution in [1.29, 1.82) is 0 Å². The summed E-state index contributed by atoms with van der Waals surface area (Å²) in [5.74, 6) is 1.44. The number of halogens is 1. The third-order valence-corrected chi connectivity index (χ3v) is 8.82. The molecule has 3 heterocycles. The third-order valence-electron chi connectivity index (χ3n) is 5.90. The Balaban J connectivity index is 1.48. The maximum atomic E-state index is 5.00. The highest BCUT2D eigenvalue weighted by Crippen LogP contribution is 2.41. The van der Waals surface area contributed by atoms with Crippen LogP contribution in [0.3, 0.4) is 0 Å². The third kappa shape index (κ3) is 3.08. The molecule has 0 N–H and O–H groups in total. The van der Waals surface area contributed by atoms with E-state index in [2.05, 4.69) is 108 Å². The zero-order chi connectivity index (χ0) is 21.9. The Hall–Kier alpha value is -2.94. The largest absolute Gasteiger partial charge is 0.208 e. The Kier molecular flexibility index (Phi) is 4.46. The number of hydrogen-bond donors (Lipinski definition) is 0. The number of fused-ring (bicyclic) bond motifs is 6. The van der Waals surface area contributed by atoms with E-state index in [0.717, 1.165) is 22.8 Å². The van der Waals surface area contributed by atoms with E-state index < -0.39 is 0 Å². The summed E-state index contributed by atoms with van der Waals surface area (Å²) in [5.41, 5.74) is 2.11. The van der Waals surface area contributed by atoms with Gasteiger partial charge in [-0.2, -0.15) is 0 Å². The molecule has 3 aromatic heterocycles. The van der Waals surface area contributed by atoms with Gasteiger partial charge in [-0.15, -0.1) is 22.7 Å². The molecule has 7 aromatic rings. The normalized spacial score (nSPS) is 11.8. The minimum atomic E-state index is 0.698. The van der Waals surface area contributed by atoms with Crippen molar-refractivity contribution in [2.75, 3.05) is 0 Å². The van der Waals surface area contributed by atoms with E-state index >= 15 is 0 Å². The molecular weight excluding hydrogens is 557 g/mol. The van der Waals surface area contributed by atoms with Crippen LogP contribution in [0.1, 0.15) is 0 Å². The maximum Gasteiger partial charge on any atom is 0.194 e. The topological polar surface area (TPSA) is 38.7 Å². The van der Waals surface area contributed by atoms with E-state index in [0.29, 0.717) is 3.83 Å². The van der Waals surface area contributed by atoms with Crippen molar-refractivity contribution in [2.45, 2.75) is 0 Å². The van der Waals surface area contributed by atoms with Gasteiger partial charge in [0.15, 0.2) is 15.5 Å². The minimum Gasteiger partial charge on any atom is -0.208 e. The van der Waals surface area contributed by atoms with Crippen molar-refractivity contribution in [3.8, 4) is 22.8 Å². The molecule has 0 saturated carbocycles. The van der Waals surface area contributed by atoms with Crippen LogP contribution in [-0.4, -0.2) is 15.0 Å². The van der Waals surface area contributed by atoms with Gasteiger partial charge in [-0.3, -0.25) is 0 Å². The van der Waals surface area contributed by atoms with Crippen LogP contribution in [0.2, 0.25) is 0 Å². The molecular formula is C27H14IN3S2. The van der Waals surface area contributed by atoms with Crippen LogP contribution in [-0.2, 0) is 0 Å². The molecule has 3 nitrogen and oxygen atoms in total. The summed E-state index contributed by atoms with van der Waals surface area (Å²) < 4.78 is 5.68. The van der Waals surface area contributed by atoms with Gasteiger partial charge in [-0.05, 0) is 24.3 Å². The zero-order valence-corrected chi connectivity index (χ0v) is 20.9. The van der Waals surface area contributed by atoms with Gasteiger partial charge < -0.3 is 0 Å². The van der Waals surface area contributed by atoms with E-state index in [1.807, 2.05) is 0 Å². The van der Waals surface area contributed by atoms with Crippen molar-refractivity contribution in [3.05, 3.63) is 88.8 Å². The van der Waals surface area contributed by atoms with Gasteiger partial charge in [0.05, 0.1) is 0 Å². The van der Waals surface area contributed by atoms with Crippen LogP contribution >= 0.6 is 45.3 Å². The molecule has 156 valence electrons. The summed E-state index contributed by atoms with van der Waals surface area (Å²) in [6.45, 7) is 0. The number of aromatic nitrogens is 3. The molecule has 0 amide bonds. The van der Waals surface area contributed by atoms with Gasteiger partial charge in [-0.25, -0.2) is 15.0 Å². The second-order valence-corrected chi connectivity index (χ2v) is 10.9. The van der Waals surface area contributed by atoms with Gasteiger partial charge in [0.1, 0.15) is 0 Å². The fourth-order valence-corrected chi connectivity index (χ4v) is 7.32. The lowest BCUT2D eigenvalue weighted by Gasteiger charge is -2.07. The first-order valence-corrected chi connectivity index (χ1v) is 13.2. The zero-order valence-electron chi connectivity index (χ0n) is 17.1. The molecule has 0 aliphatic heterocycles. The van der Waals surface area contributed by atoms with Crippen molar-refractivity contribution >= 4 is 85.6 Å². The Labute approximate surface area is 210 Å². The molecule has 0 fully saturated rings. The second kappa shape index (κ2) is 7.55. The average Bonchev–Trinajstić information content (AvgIpc) is 3.42. The second-order valence-electron chi connectivity index (χ2n) is 7.81. The van der Waals surface area contributed by atoms with E-state index in [1.54, 1.807) is 22.7 Å². The molecule has 0 unspecified atom stereocenters. The van der Waals surface area contributed by atoms with Crippen LogP contribution in [0.4, 0.5) is 0 Å². The van der Waals surface area contributed by atoms with Crippen LogP contribution in [0.15, 0.2) is 84.9 Å². The summed E-state index contributed by atoms with van der Waals surface area (Å²) in [4.78, 5) is 14.5. The predicted molar refractivity (Wildman–Crippen MR) is 149 cm³/mol. The smallest absolute Gasteiger partial charge is 0.194 e. The van der Waals surface area contributed by atoms with Crippen LogP contribution in [0.25, 0.3) is 63.1 Å². The minimum absolute atomic E-state index is 0.698. The highest BCUT2D eigenvalue weighted by molar-refractivity contribution is 14.1. The number of nitrogens with zero attached hydrogens (tertiary/aromatic N) is 3. The molecule has 0 spiro atoms. The van der Waals surface area contributed by atoms with Crippen LogP contribution in [0.5, 0.6) is 0 Å². The van der Waals surface area contributed by atoms with Crippen molar-refractivity contribution in [1.82, 2.24) is 15.0 Å². The summed E-state index contributed by atoms with van der Waals surface area (Å²) in [5, 5.41) is 5.05. The molecule has 0 aliphatic rings. The molecule has 0 radical (unpaired) electrons. The molecule has 0 atom stereocenters. The monoisotopic (exact) mass is 571 g/mol. The van der Waals surface area contributed by atoms with Gasteiger partial charge in [-0.1, -0.05) is 60.7 Å². The first kappa shape index (κ1) is 19.5. The summed E-state index contributed by atoms with van der Waals surface area (Å²) in [6.07, 6.45) is 0. The summed E-state index contributed by atoms with van der Waals surface area (Å²) >= 11 is 5.80. The standard InChI is InChI=1S/C27H14IN3S2/c28-27-30-25(19-11-5-9-17-15-7-1-3-13-21(15)32-23(17)19)29-26(31-27)20-12-6-10-18-16-8-2-4-14-22(16)33-24(18)20/h1-14H. The molecule has 0 aliphatic carbocycles. The fraction of sp³-hybridized carbons (Fsp3) is 0. The van der Waals surface area contributed by atoms with E-state index in [1.165, 1.54) is 40.3 Å². The Bertz CT molecular complexity index is 1720. The van der Waals surface area contributed by atoms with E-state index in [4.69, 9.17) is 15.0 Å². The van der Waals surface area contributed by atoms with Gasteiger partial charge in [0.25, 0.3) is 0 Å². The Morgan fingerprint density at radius 2 is 0.939 bits per heavy atom. The predicted octanol–water partition coefficient (Wildman–Crippen LogP) is 8.55. The van der Waals surface area contributed by atoms with Crippen molar-refractivity contribution in [2.24, 2.45) is 0 Å². The number of hydrogen-bond acceptors (Lipinski definition) is 5. The lowest BCUT2D eigenvalue weighted by Crippen LogP contribution is -1.99. The van der Waals surface area contributed by atoms with Gasteiger partial charge in [0, 0.05) is 74.1 Å². The Morgan fingerprint density at radius 3 is 1.45 bits per heavy atom. The van der Waals surface area contributed by atoms with Gasteiger partial charge >= 0.3 is 0 Å². The molecule has 33 heavy (non-hydrogen) atoms. The summed E-state index contributed by atoms with van der Waals surface area (Å²) in [6, 6.07) is 29.9. The number of benzene rings is 4. The molecule has 0 bridgehead atoms. The quantitative estimate of drug-likeness (QED) is 0.195. The number of thiophene rings is 2. The molecule has 0 saturated heterocycles. The lowest BCUT2D eigenvalue weighted by molar-refractivity contribution is 1.03. The Morgan fingerprint density at radius 1 is 0.485 bits per heavy atom. The van der Waals surface area contributed by atoms with Crippen molar-refractivity contribution in [3.63, 3.8) is 0 Å². The van der Waals surface area contributed by atoms with Crippen LogP contribution < -0.4 is 0 Å². The summed E-state index contributed by atoms with van der Waals surface area (Å²) in [7, 11) is 0. The first-order chi connectivity index (χ1) is 16.3. The van der Waals surface area contributed by atoms with E-state index in [-0.39, 0.29) is 0 Å². The SMILES string of the molecule is Ic1nc(-c2cccc3c2sc2ccccc23)nc(-c2cccc3c2sc2ccccc23)n1. The first-order valence-electron chi connectivity index (χ1n) is 10.5. The molecule has 6 heteroatoms.